The van der Waals surface area contributed by atoms with Gasteiger partial charge >= 0.3 is 0 Å². The van der Waals surface area contributed by atoms with Gasteiger partial charge in [-0.2, -0.15) is 0 Å². The smallest absolute Gasteiger partial charge is 0.224 e. The van der Waals surface area contributed by atoms with Crippen molar-refractivity contribution in [1.29, 1.82) is 0 Å². The molecule has 120 valence electrons. The number of anilines is 1. The average Bonchev–Trinajstić information content (AvgIpc) is 2.53. The van der Waals surface area contributed by atoms with Crippen LogP contribution in [0.2, 0.25) is 0 Å². The van der Waals surface area contributed by atoms with Gasteiger partial charge in [-0.1, -0.05) is 6.07 Å². The van der Waals surface area contributed by atoms with E-state index in [1.165, 1.54) is 0 Å². The van der Waals surface area contributed by atoms with Crippen molar-refractivity contribution in [2.75, 3.05) is 24.7 Å². The number of nitrogens with zero attached hydrogens (tertiary/aromatic N) is 1. The second-order valence-corrected chi connectivity index (χ2v) is 6.38. The van der Waals surface area contributed by atoms with E-state index in [9.17, 15) is 9.59 Å². The zero-order chi connectivity index (χ0) is 15.9. The Labute approximate surface area is 135 Å². The van der Waals surface area contributed by atoms with Gasteiger partial charge in [0.2, 0.25) is 11.8 Å². The Balaban J connectivity index is 1.76. The summed E-state index contributed by atoms with van der Waals surface area (Å²) in [7, 11) is 0. The third-order valence-corrected chi connectivity index (χ3v) is 4.54. The lowest BCUT2D eigenvalue weighted by Gasteiger charge is -2.30. The maximum absolute atomic E-state index is 12.1. The molecule has 1 saturated heterocycles. The van der Waals surface area contributed by atoms with Gasteiger partial charge in [0.05, 0.1) is 0 Å². The van der Waals surface area contributed by atoms with Crippen LogP contribution in [0.3, 0.4) is 0 Å². The molecule has 0 spiro atoms. The molecule has 2 rings (SSSR count). The number of amides is 2. The van der Waals surface area contributed by atoms with E-state index in [2.05, 4.69) is 5.32 Å². The van der Waals surface area contributed by atoms with E-state index in [0.29, 0.717) is 13.1 Å². The van der Waals surface area contributed by atoms with Crippen LogP contribution in [-0.2, 0) is 9.59 Å². The number of nitrogens with one attached hydrogen (secondary N) is 1. The van der Waals surface area contributed by atoms with Gasteiger partial charge in [0, 0.05) is 42.6 Å². The maximum Gasteiger partial charge on any atom is 0.224 e. The van der Waals surface area contributed by atoms with E-state index in [4.69, 9.17) is 5.73 Å². The predicted molar refractivity (Wildman–Crippen MR) is 89.9 cm³/mol. The highest BCUT2D eigenvalue weighted by atomic mass is 32.2. The third-order valence-electron chi connectivity index (χ3n) is 3.81. The Morgan fingerprint density at radius 2 is 2.05 bits per heavy atom. The average molecular weight is 321 g/mol. The quantitative estimate of drug-likeness (QED) is 0.814. The lowest BCUT2D eigenvalue weighted by Crippen LogP contribution is -2.43. The number of nitrogens with two attached hydrogens (primary N) is 1. The van der Waals surface area contributed by atoms with Crippen molar-refractivity contribution in [1.82, 2.24) is 4.90 Å². The molecule has 0 aliphatic carbocycles. The molecular weight excluding hydrogens is 298 g/mol. The van der Waals surface area contributed by atoms with Crippen LogP contribution in [0, 0.1) is 0 Å². The number of hydrogen-bond acceptors (Lipinski definition) is 4. The number of piperidine rings is 1. The zero-order valence-electron chi connectivity index (χ0n) is 12.9. The molecule has 0 aromatic heterocycles. The highest BCUT2D eigenvalue weighted by Gasteiger charge is 2.20. The van der Waals surface area contributed by atoms with Crippen molar-refractivity contribution in [3.63, 3.8) is 0 Å². The summed E-state index contributed by atoms with van der Waals surface area (Å²) in [5.74, 6) is -0.0831. The first-order valence-corrected chi connectivity index (χ1v) is 8.78. The molecular formula is C16H23N3O2S. The fourth-order valence-electron chi connectivity index (χ4n) is 2.45. The summed E-state index contributed by atoms with van der Waals surface area (Å²) < 4.78 is 0. The van der Waals surface area contributed by atoms with Gasteiger partial charge in [0.25, 0.3) is 0 Å². The van der Waals surface area contributed by atoms with Crippen LogP contribution >= 0.6 is 11.8 Å². The standard InChI is InChI=1S/C16H23N3O2S/c1-22-14-4-2-3-13(11-14)18-15(20)5-6-16(21)19-9-7-12(17)8-10-19/h2-4,11-12H,5-10,17H2,1H3,(H,18,20). The zero-order valence-corrected chi connectivity index (χ0v) is 13.7. The summed E-state index contributed by atoms with van der Waals surface area (Å²) >= 11 is 1.62. The van der Waals surface area contributed by atoms with E-state index in [0.717, 1.165) is 23.4 Å². The van der Waals surface area contributed by atoms with Gasteiger partial charge in [-0.05, 0) is 37.3 Å². The summed E-state index contributed by atoms with van der Waals surface area (Å²) in [6.45, 7) is 1.41. The van der Waals surface area contributed by atoms with Crippen molar-refractivity contribution >= 4 is 29.3 Å². The predicted octanol–water partition coefficient (Wildman–Crippen LogP) is 2.08. The molecule has 2 amide bonds. The Morgan fingerprint density at radius 3 is 2.73 bits per heavy atom. The Hall–Kier alpha value is -1.53. The van der Waals surface area contributed by atoms with E-state index in [-0.39, 0.29) is 30.7 Å². The van der Waals surface area contributed by atoms with Gasteiger partial charge in [-0.25, -0.2) is 0 Å². The summed E-state index contributed by atoms with van der Waals surface area (Å²) in [5, 5.41) is 2.84. The van der Waals surface area contributed by atoms with Crippen molar-refractivity contribution < 1.29 is 9.59 Å². The SMILES string of the molecule is CSc1cccc(NC(=O)CCC(=O)N2CCC(N)CC2)c1. The van der Waals surface area contributed by atoms with Gasteiger partial charge < -0.3 is 16.0 Å². The fraction of sp³-hybridized carbons (Fsp3) is 0.500. The summed E-state index contributed by atoms with van der Waals surface area (Å²) in [5.41, 5.74) is 6.60. The van der Waals surface area contributed by atoms with E-state index in [1.54, 1.807) is 11.8 Å². The van der Waals surface area contributed by atoms with E-state index < -0.39 is 0 Å². The third kappa shape index (κ3) is 5.03. The van der Waals surface area contributed by atoms with Crippen LogP contribution in [-0.4, -0.2) is 42.1 Å². The molecule has 0 atom stereocenters. The van der Waals surface area contributed by atoms with Gasteiger partial charge in [-0.3, -0.25) is 9.59 Å². The molecule has 0 saturated carbocycles. The molecule has 0 unspecified atom stereocenters. The molecule has 1 aliphatic rings. The highest BCUT2D eigenvalue weighted by molar-refractivity contribution is 7.98. The molecule has 1 heterocycles. The fourth-order valence-corrected chi connectivity index (χ4v) is 2.91. The van der Waals surface area contributed by atoms with Crippen LogP contribution in [0.25, 0.3) is 0 Å². The van der Waals surface area contributed by atoms with E-state index in [1.807, 2.05) is 35.4 Å². The minimum atomic E-state index is -0.125. The monoisotopic (exact) mass is 321 g/mol. The van der Waals surface area contributed by atoms with Crippen LogP contribution in [0.4, 0.5) is 5.69 Å². The molecule has 0 bridgehead atoms. The summed E-state index contributed by atoms with van der Waals surface area (Å²) in [6, 6.07) is 7.88. The summed E-state index contributed by atoms with van der Waals surface area (Å²) in [6.07, 6.45) is 4.15. The van der Waals surface area contributed by atoms with Crippen molar-refractivity contribution in [2.24, 2.45) is 5.73 Å². The number of carbonyl (C=O) groups is 2. The number of likely N-dealkylation sites (tertiary alicyclic amines) is 1. The minimum Gasteiger partial charge on any atom is -0.343 e. The van der Waals surface area contributed by atoms with Crippen molar-refractivity contribution in [3.8, 4) is 0 Å². The minimum absolute atomic E-state index is 0.0416. The molecule has 22 heavy (non-hydrogen) atoms. The number of thioether (sulfide) groups is 1. The van der Waals surface area contributed by atoms with Gasteiger partial charge in [-0.15, -0.1) is 11.8 Å². The van der Waals surface area contributed by atoms with Crippen LogP contribution < -0.4 is 11.1 Å². The normalized spacial score (nSPS) is 15.6. The Morgan fingerprint density at radius 1 is 1.32 bits per heavy atom. The number of hydrogen-bond donors (Lipinski definition) is 2. The van der Waals surface area contributed by atoms with Crippen molar-refractivity contribution in [3.05, 3.63) is 24.3 Å². The van der Waals surface area contributed by atoms with Crippen LogP contribution in [0.1, 0.15) is 25.7 Å². The molecule has 1 aromatic rings. The molecule has 3 N–H and O–H groups in total. The topological polar surface area (TPSA) is 75.4 Å². The molecule has 6 heteroatoms. The maximum atomic E-state index is 12.1. The van der Waals surface area contributed by atoms with Crippen LogP contribution in [0.15, 0.2) is 29.2 Å². The second-order valence-electron chi connectivity index (χ2n) is 5.50. The first-order chi connectivity index (χ1) is 10.6. The summed E-state index contributed by atoms with van der Waals surface area (Å²) in [4.78, 5) is 26.9. The Kier molecular flexibility index (Phi) is 6.27. The second kappa shape index (κ2) is 8.19. The first kappa shape index (κ1) is 16.8. The molecule has 5 nitrogen and oxygen atoms in total. The molecule has 1 aromatic carbocycles. The first-order valence-electron chi connectivity index (χ1n) is 7.55. The molecule has 1 fully saturated rings. The molecule has 0 radical (unpaired) electrons. The van der Waals surface area contributed by atoms with E-state index >= 15 is 0 Å². The van der Waals surface area contributed by atoms with Gasteiger partial charge in [0.15, 0.2) is 0 Å². The van der Waals surface area contributed by atoms with Gasteiger partial charge in [0.1, 0.15) is 0 Å². The van der Waals surface area contributed by atoms with Crippen LogP contribution in [0.5, 0.6) is 0 Å². The molecule has 1 aliphatic heterocycles. The Bertz CT molecular complexity index is 528. The van der Waals surface area contributed by atoms with Crippen molar-refractivity contribution in [2.45, 2.75) is 36.6 Å². The number of carbonyl (C=O) groups excluding carboxylic acids is 2. The highest BCUT2D eigenvalue weighted by Crippen LogP contribution is 2.19. The lowest BCUT2D eigenvalue weighted by atomic mass is 10.1. The largest absolute Gasteiger partial charge is 0.343 e. The number of benzene rings is 1. The lowest BCUT2D eigenvalue weighted by molar-refractivity contribution is -0.133. The number of rotatable bonds is 5.